The first-order chi connectivity index (χ1) is 8.97. The van der Waals surface area contributed by atoms with Gasteiger partial charge in [0.25, 0.3) is 5.56 Å². The molecule has 0 aromatic carbocycles. The zero-order valence-electron chi connectivity index (χ0n) is 10.5. The van der Waals surface area contributed by atoms with Gasteiger partial charge in [0, 0.05) is 18.7 Å². The maximum Gasteiger partial charge on any atom is 0.330 e. The number of hydrogen-bond donors (Lipinski definition) is 1. The Morgan fingerprint density at radius 2 is 2.42 bits per heavy atom. The van der Waals surface area contributed by atoms with Gasteiger partial charge in [-0.25, -0.2) is 9.18 Å². The van der Waals surface area contributed by atoms with Gasteiger partial charge in [0.05, 0.1) is 11.9 Å². The number of aromatic amines is 1. The largest absolute Gasteiger partial charge is 0.496 e. The van der Waals surface area contributed by atoms with Crippen LogP contribution in [0, 0.1) is 0 Å². The highest BCUT2D eigenvalue weighted by molar-refractivity contribution is 4.89. The fourth-order valence-electron chi connectivity index (χ4n) is 1.92. The Hall–Kier alpha value is -1.89. The third-order valence-electron chi connectivity index (χ3n) is 2.77. The number of allylic oxidation sites excluding steroid dienone is 1. The van der Waals surface area contributed by atoms with E-state index in [4.69, 9.17) is 9.47 Å². The summed E-state index contributed by atoms with van der Waals surface area (Å²) in [6, 6.07) is 1.15. The van der Waals surface area contributed by atoms with Crippen molar-refractivity contribution in [1.29, 1.82) is 0 Å². The molecule has 104 valence electrons. The molecule has 2 rings (SSSR count). The monoisotopic (exact) mass is 270 g/mol. The standard InChI is InChI=1S/C12H15FN2O4/c1-7(2)18-6-8-5-9(13)11(19-8)15-4-3-10(16)14-12(15)17/h3-4,8-9,11H,1,5-6H2,2H3,(H,14,16,17). The molecule has 1 N–H and O–H groups in total. The van der Waals surface area contributed by atoms with Crippen molar-refractivity contribution in [2.24, 2.45) is 0 Å². The number of rotatable bonds is 4. The van der Waals surface area contributed by atoms with Crippen LogP contribution in [-0.4, -0.2) is 28.4 Å². The molecule has 1 fully saturated rings. The summed E-state index contributed by atoms with van der Waals surface area (Å²) < 4.78 is 25.5. The van der Waals surface area contributed by atoms with Crippen LogP contribution in [0.25, 0.3) is 0 Å². The van der Waals surface area contributed by atoms with Gasteiger partial charge in [0.1, 0.15) is 12.8 Å². The maximum absolute atomic E-state index is 13.9. The summed E-state index contributed by atoms with van der Waals surface area (Å²) in [5.74, 6) is 0.517. The highest BCUT2D eigenvalue weighted by atomic mass is 19.1. The van der Waals surface area contributed by atoms with Gasteiger partial charge in [-0.15, -0.1) is 0 Å². The molecule has 6 nitrogen and oxygen atoms in total. The Labute approximate surface area is 108 Å². The van der Waals surface area contributed by atoms with Gasteiger partial charge in [0.15, 0.2) is 6.23 Å². The van der Waals surface area contributed by atoms with E-state index in [1.54, 1.807) is 6.92 Å². The summed E-state index contributed by atoms with van der Waals surface area (Å²) in [5, 5.41) is 0. The van der Waals surface area contributed by atoms with Gasteiger partial charge in [-0.2, -0.15) is 0 Å². The summed E-state index contributed by atoms with van der Waals surface area (Å²) in [6.07, 6.45) is -1.47. The van der Waals surface area contributed by atoms with Gasteiger partial charge in [-0.3, -0.25) is 14.3 Å². The summed E-state index contributed by atoms with van der Waals surface area (Å²) in [6.45, 7) is 5.44. The first-order valence-electron chi connectivity index (χ1n) is 5.86. The van der Waals surface area contributed by atoms with Crippen molar-refractivity contribution in [2.75, 3.05) is 6.61 Å². The molecule has 19 heavy (non-hydrogen) atoms. The van der Waals surface area contributed by atoms with Crippen molar-refractivity contribution in [3.63, 3.8) is 0 Å². The molecule has 0 spiro atoms. The van der Waals surface area contributed by atoms with Crippen LogP contribution in [0.2, 0.25) is 0 Å². The lowest BCUT2D eigenvalue weighted by atomic mass is 10.2. The molecule has 3 unspecified atom stereocenters. The van der Waals surface area contributed by atoms with Crippen molar-refractivity contribution in [3.05, 3.63) is 45.4 Å². The number of alkyl halides is 1. The van der Waals surface area contributed by atoms with E-state index in [1.807, 2.05) is 0 Å². The fourth-order valence-corrected chi connectivity index (χ4v) is 1.92. The molecule has 7 heteroatoms. The molecule has 0 bridgehead atoms. The lowest BCUT2D eigenvalue weighted by Crippen LogP contribution is -2.34. The number of halogens is 1. The summed E-state index contributed by atoms with van der Waals surface area (Å²) in [7, 11) is 0. The second kappa shape index (κ2) is 5.40. The molecule has 0 aliphatic carbocycles. The van der Waals surface area contributed by atoms with E-state index < -0.39 is 29.8 Å². The van der Waals surface area contributed by atoms with Crippen molar-refractivity contribution in [3.8, 4) is 0 Å². The van der Waals surface area contributed by atoms with Gasteiger partial charge >= 0.3 is 5.69 Å². The molecular weight excluding hydrogens is 255 g/mol. The van der Waals surface area contributed by atoms with Crippen LogP contribution in [0.5, 0.6) is 0 Å². The highest BCUT2D eigenvalue weighted by Gasteiger charge is 2.37. The van der Waals surface area contributed by atoms with E-state index in [0.29, 0.717) is 5.76 Å². The third kappa shape index (κ3) is 3.11. The number of hydrogen-bond acceptors (Lipinski definition) is 4. The van der Waals surface area contributed by atoms with Crippen LogP contribution in [-0.2, 0) is 9.47 Å². The van der Waals surface area contributed by atoms with Gasteiger partial charge in [0.2, 0.25) is 0 Å². The topological polar surface area (TPSA) is 73.3 Å². The first-order valence-corrected chi connectivity index (χ1v) is 5.86. The van der Waals surface area contributed by atoms with Crippen LogP contribution in [0.15, 0.2) is 34.2 Å². The van der Waals surface area contributed by atoms with E-state index >= 15 is 0 Å². The van der Waals surface area contributed by atoms with E-state index in [0.717, 1.165) is 10.6 Å². The molecule has 1 aromatic rings. The molecule has 3 atom stereocenters. The fraction of sp³-hybridized carbons (Fsp3) is 0.500. The van der Waals surface area contributed by atoms with Crippen LogP contribution < -0.4 is 11.2 Å². The molecule has 1 aliphatic heterocycles. The highest BCUT2D eigenvalue weighted by Crippen LogP contribution is 2.30. The Morgan fingerprint density at radius 1 is 1.68 bits per heavy atom. The van der Waals surface area contributed by atoms with Crippen LogP contribution in [0.3, 0.4) is 0 Å². The van der Waals surface area contributed by atoms with Gasteiger partial charge in [-0.1, -0.05) is 6.58 Å². The minimum Gasteiger partial charge on any atom is -0.496 e. The Bertz CT molecular complexity index is 580. The van der Waals surface area contributed by atoms with E-state index in [-0.39, 0.29) is 13.0 Å². The lowest BCUT2D eigenvalue weighted by molar-refractivity contribution is -0.0441. The van der Waals surface area contributed by atoms with Crippen molar-refractivity contribution in [1.82, 2.24) is 9.55 Å². The van der Waals surface area contributed by atoms with E-state index in [2.05, 4.69) is 11.6 Å². The number of nitrogens with one attached hydrogen (secondary N) is 1. The molecule has 2 heterocycles. The smallest absolute Gasteiger partial charge is 0.330 e. The maximum atomic E-state index is 13.9. The molecule has 1 aliphatic rings. The van der Waals surface area contributed by atoms with Crippen molar-refractivity contribution in [2.45, 2.75) is 31.8 Å². The SMILES string of the molecule is C=C(C)OCC1CC(F)C(n2ccc(=O)[nH]c2=O)O1. The zero-order valence-corrected chi connectivity index (χ0v) is 10.5. The minimum absolute atomic E-state index is 0.128. The zero-order chi connectivity index (χ0) is 14.0. The van der Waals surface area contributed by atoms with Gasteiger partial charge < -0.3 is 9.47 Å². The van der Waals surface area contributed by atoms with Crippen LogP contribution in [0.1, 0.15) is 19.6 Å². The Morgan fingerprint density at radius 3 is 3.05 bits per heavy atom. The third-order valence-corrected chi connectivity index (χ3v) is 2.77. The average molecular weight is 270 g/mol. The molecule has 0 saturated carbocycles. The molecule has 0 radical (unpaired) electrons. The number of H-pyrrole nitrogens is 1. The summed E-state index contributed by atoms with van der Waals surface area (Å²) in [4.78, 5) is 24.6. The summed E-state index contributed by atoms with van der Waals surface area (Å²) in [5.41, 5.74) is -1.22. The second-order valence-electron chi connectivity index (χ2n) is 4.43. The Balaban J connectivity index is 2.11. The second-order valence-corrected chi connectivity index (χ2v) is 4.43. The first kappa shape index (κ1) is 13.5. The van der Waals surface area contributed by atoms with Crippen molar-refractivity contribution >= 4 is 0 Å². The van der Waals surface area contributed by atoms with Crippen LogP contribution in [0.4, 0.5) is 4.39 Å². The average Bonchev–Trinajstić information content (AvgIpc) is 2.68. The van der Waals surface area contributed by atoms with E-state index in [9.17, 15) is 14.0 Å². The van der Waals surface area contributed by atoms with E-state index in [1.165, 1.54) is 6.20 Å². The van der Waals surface area contributed by atoms with Crippen LogP contribution >= 0.6 is 0 Å². The molecule has 1 aromatic heterocycles. The molecule has 1 saturated heterocycles. The van der Waals surface area contributed by atoms with Crippen molar-refractivity contribution < 1.29 is 13.9 Å². The molecular formula is C12H15FN2O4. The quantitative estimate of drug-likeness (QED) is 0.818. The predicted molar refractivity (Wildman–Crippen MR) is 65.5 cm³/mol. The minimum atomic E-state index is -1.33. The number of aromatic nitrogens is 2. The predicted octanol–water partition coefficient (Wildman–Crippen LogP) is 0.712. The van der Waals surface area contributed by atoms with Gasteiger partial charge in [-0.05, 0) is 6.92 Å². The number of ether oxygens (including phenoxy) is 2. The normalized spacial score (nSPS) is 26.3. The lowest BCUT2D eigenvalue weighted by Gasteiger charge is -2.16. The Kier molecular flexibility index (Phi) is 3.84. The summed E-state index contributed by atoms with van der Waals surface area (Å²) >= 11 is 0. The number of nitrogens with zero attached hydrogens (tertiary/aromatic N) is 1. The molecule has 0 amide bonds.